The van der Waals surface area contributed by atoms with E-state index in [2.05, 4.69) is 16.4 Å². The monoisotopic (exact) mass is 205 g/mol. The molecular weight excluding hydrogens is 194 g/mol. The summed E-state index contributed by atoms with van der Waals surface area (Å²) in [4.78, 5) is 10.2. The Hall–Kier alpha value is -1.90. The fourth-order valence-corrected chi connectivity index (χ4v) is 1.10. The van der Waals surface area contributed by atoms with Crippen LogP contribution in [0.1, 0.15) is 11.7 Å². The first kappa shape index (κ1) is 11.2. The van der Waals surface area contributed by atoms with Gasteiger partial charge in [0.15, 0.2) is 0 Å². The smallest absolute Gasteiger partial charge is 0.149 e. The molecule has 5 heteroatoms. The third kappa shape index (κ3) is 2.77. The van der Waals surface area contributed by atoms with Crippen LogP contribution in [0.15, 0.2) is 23.4 Å². The Bertz CT molecular complexity index is 398. The molecule has 0 saturated carbocycles. The van der Waals surface area contributed by atoms with E-state index in [1.165, 1.54) is 12.1 Å². The average Bonchev–Trinajstić information content (AvgIpc) is 2.25. The van der Waals surface area contributed by atoms with Crippen LogP contribution < -0.4 is 11.1 Å². The zero-order chi connectivity index (χ0) is 11.3. The van der Waals surface area contributed by atoms with Gasteiger partial charge in [-0.05, 0) is 22.9 Å². The second-order valence-electron chi connectivity index (χ2n) is 2.90. The zero-order valence-electron chi connectivity index (χ0n) is 7.97. The Labute approximate surface area is 87.3 Å². The highest BCUT2D eigenvalue weighted by molar-refractivity contribution is 5.52. The van der Waals surface area contributed by atoms with Crippen molar-refractivity contribution in [1.29, 1.82) is 0 Å². The van der Waals surface area contributed by atoms with Crippen molar-refractivity contribution >= 4 is 5.69 Å². The van der Waals surface area contributed by atoms with Crippen LogP contribution in [0.2, 0.25) is 0 Å². The van der Waals surface area contributed by atoms with Gasteiger partial charge in [0, 0.05) is 0 Å². The molecule has 0 aliphatic carbocycles. The molecule has 0 radical (unpaired) electrons. The van der Waals surface area contributed by atoms with Crippen molar-refractivity contribution in [2.75, 3.05) is 6.54 Å². The van der Waals surface area contributed by atoms with E-state index >= 15 is 0 Å². The van der Waals surface area contributed by atoms with Crippen LogP contribution in [0.5, 0.6) is 5.75 Å². The third-order valence-electron chi connectivity index (χ3n) is 1.88. The first-order valence-electron chi connectivity index (χ1n) is 4.27. The lowest BCUT2D eigenvalue weighted by atomic mass is 10.1. The van der Waals surface area contributed by atoms with Gasteiger partial charge in [0.25, 0.3) is 0 Å². The van der Waals surface area contributed by atoms with Gasteiger partial charge in [0.05, 0.1) is 12.7 Å². The molecule has 0 aromatic heterocycles. The minimum Gasteiger partial charge on any atom is -0.506 e. The Morgan fingerprint density at radius 3 is 2.93 bits per heavy atom. The number of nitrogens with one attached hydrogen (secondary N) is 1. The number of hydrogen-bond acceptors (Lipinski definition) is 5. The molecule has 0 amide bonds. The molecule has 15 heavy (non-hydrogen) atoms. The molecule has 4 N–H and O–H groups in total. The molecule has 1 rings (SSSR count). The van der Waals surface area contributed by atoms with Crippen LogP contribution in [0.4, 0.5) is 5.69 Å². The summed E-state index contributed by atoms with van der Waals surface area (Å²) < 4.78 is 0. The lowest BCUT2D eigenvalue weighted by Gasteiger charge is -2.12. The topological polar surface area (TPSA) is 87.7 Å². The summed E-state index contributed by atoms with van der Waals surface area (Å²) in [7, 11) is 0. The van der Waals surface area contributed by atoms with Gasteiger partial charge in [-0.2, -0.15) is 0 Å². The second kappa shape index (κ2) is 5.10. The number of nitrogens with zero attached hydrogens (tertiary/aromatic N) is 1. The van der Waals surface area contributed by atoms with E-state index in [-0.39, 0.29) is 11.4 Å². The number of phenols is 1. The van der Waals surface area contributed by atoms with Gasteiger partial charge in [-0.1, -0.05) is 12.0 Å². The van der Waals surface area contributed by atoms with E-state index in [1.807, 2.05) is 0 Å². The summed E-state index contributed by atoms with van der Waals surface area (Å²) in [6.45, 7) is 0.329. The minimum absolute atomic E-state index is 0.0112. The Morgan fingerprint density at radius 2 is 2.40 bits per heavy atom. The summed E-state index contributed by atoms with van der Waals surface area (Å²) in [6, 6.07) is 4.38. The molecule has 0 saturated heterocycles. The van der Waals surface area contributed by atoms with Gasteiger partial charge in [0.2, 0.25) is 0 Å². The zero-order valence-corrected chi connectivity index (χ0v) is 7.97. The number of benzene rings is 1. The van der Waals surface area contributed by atoms with E-state index in [0.29, 0.717) is 12.1 Å². The van der Waals surface area contributed by atoms with Crippen LogP contribution >= 0.6 is 0 Å². The fourth-order valence-electron chi connectivity index (χ4n) is 1.10. The number of terminal acetylenes is 1. The predicted octanol–water partition coefficient (Wildman–Crippen LogP) is 0.970. The molecule has 0 spiro atoms. The van der Waals surface area contributed by atoms with Crippen molar-refractivity contribution in [3.63, 3.8) is 0 Å². The number of phenolic OH excluding ortho intramolecular Hbond substituents is 1. The maximum Gasteiger partial charge on any atom is 0.149 e. The normalized spacial score (nSPS) is 11.7. The molecule has 0 heterocycles. The van der Waals surface area contributed by atoms with Crippen molar-refractivity contribution in [1.82, 2.24) is 5.32 Å². The second-order valence-corrected chi connectivity index (χ2v) is 2.90. The van der Waals surface area contributed by atoms with Crippen molar-refractivity contribution in [3.05, 3.63) is 28.7 Å². The predicted molar refractivity (Wildman–Crippen MR) is 57.3 cm³/mol. The van der Waals surface area contributed by atoms with Crippen LogP contribution in [-0.2, 0) is 0 Å². The molecule has 5 nitrogen and oxygen atoms in total. The Morgan fingerprint density at radius 1 is 1.67 bits per heavy atom. The standard InChI is InChI=1S/C10H11N3O2/c1-2-5-12-10(11)7-3-4-8(13-15)9(14)6-7/h1,3-4,6,10,12,14H,5,11H2. The molecule has 0 fully saturated rings. The number of nitrogens with two attached hydrogens (primary N) is 1. The van der Waals surface area contributed by atoms with E-state index in [1.54, 1.807) is 6.07 Å². The van der Waals surface area contributed by atoms with Crippen LogP contribution in [-0.4, -0.2) is 11.7 Å². The number of nitroso groups, excluding NO2 is 1. The van der Waals surface area contributed by atoms with Gasteiger partial charge in [-0.25, -0.2) is 0 Å². The van der Waals surface area contributed by atoms with Crippen molar-refractivity contribution in [3.8, 4) is 18.1 Å². The van der Waals surface area contributed by atoms with E-state index in [9.17, 15) is 10.0 Å². The quantitative estimate of drug-likeness (QED) is 0.388. The lowest BCUT2D eigenvalue weighted by Crippen LogP contribution is -2.28. The molecule has 1 aromatic carbocycles. The summed E-state index contributed by atoms with van der Waals surface area (Å²) in [6.07, 6.45) is 4.58. The van der Waals surface area contributed by atoms with Crippen LogP contribution in [0, 0.1) is 17.3 Å². The summed E-state index contributed by atoms with van der Waals surface area (Å²) >= 11 is 0. The van der Waals surface area contributed by atoms with Crippen LogP contribution in [0.25, 0.3) is 0 Å². The number of hydrogen-bond donors (Lipinski definition) is 3. The van der Waals surface area contributed by atoms with Crippen molar-refractivity contribution in [2.24, 2.45) is 10.9 Å². The highest BCUT2D eigenvalue weighted by Crippen LogP contribution is 2.27. The first-order valence-corrected chi connectivity index (χ1v) is 4.27. The highest BCUT2D eigenvalue weighted by atomic mass is 16.3. The van der Waals surface area contributed by atoms with Gasteiger partial charge >= 0.3 is 0 Å². The first-order chi connectivity index (χ1) is 7.19. The maximum atomic E-state index is 10.2. The van der Waals surface area contributed by atoms with Gasteiger partial charge in [0.1, 0.15) is 11.4 Å². The van der Waals surface area contributed by atoms with Gasteiger partial charge in [-0.3, -0.25) is 5.32 Å². The molecule has 0 aliphatic rings. The Kier molecular flexibility index (Phi) is 3.80. The number of aromatic hydroxyl groups is 1. The SMILES string of the molecule is C#CCNC(N)c1ccc(N=O)c(O)c1. The van der Waals surface area contributed by atoms with Crippen molar-refractivity contribution in [2.45, 2.75) is 6.17 Å². The van der Waals surface area contributed by atoms with E-state index < -0.39 is 6.17 Å². The highest BCUT2D eigenvalue weighted by Gasteiger charge is 2.08. The maximum absolute atomic E-state index is 10.2. The lowest BCUT2D eigenvalue weighted by molar-refractivity contribution is 0.474. The summed E-state index contributed by atoms with van der Waals surface area (Å²) in [5, 5.41) is 14.8. The molecule has 1 unspecified atom stereocenters. The number of rotatable bonds is 4. The molecule has 0 aliphatic heterocycles. The molecule has 1 aromatic rings. The summed E-state index contributed by atoms with van der Waals surface area (Å²) in [5.74, 6) is 2.19. The molecule has 78 valence electrons. The van der Waals surface area contributed by atoms with Crippen LogP contribution in [0.3, 0.4) is 0 Å². The van der Waals surface area contributed by atoms with E-state index in [4.69, 9.17) is 12.2 Å². The molecule has 0 bridgehead atoms. The van der Waals surface area contributed by atoms with Gasteiger partial charge < -0.3 is 10.8 Å². The van der Waals surface area contributed by atoms with Crippen molar-refractivity contribution < 1.29 is 5.11 Å². The largest absolute Gasteiger partial charge is 0.506 e. The Balaban J connectivity index is 2.83. The molecule has 1 atom stereocenters. The molecular formula is C10H11N3O2. The van der Waals surface area contributed by atoms with Gasteiger partial charge in [-0.15, -0.1) is 11.3 Å². The third-order valence-corrected chi connectivity index (χ3v) is 1.88. The average molecular weight is 205 g/mol. The summed E-state index contributed by atoms with van der Waals surface area (Å²) in [5.41, 5.74) is 6.34. The fraction of sp³-hybridized carbons (Fsp3) is 0.200. The van der Waals surface area contributed by atoms with E-state index in [0.717, 1.165) is 0 Å². The minimum atomic E-state index is -0.479.